The molecule has 0 atom stereocenters. The maximum Gasteiger partial charge on any atom is 0.0994 e. The molecule has 0 saturated carbocycles. The summed E-state index contributed by atoms with van der Waals surface area (Å²) in [7, 11) is 0. The van der Waals surface area contributed by atoms with Gasteiger partial charge in [0.1, 0.15) is 0 Å². The number of aryl methyl sites for hydroxylation is 2. The zero-order chi connectivity index (χ0) is 18.3. The number of hydrogen-bond donors (Lipinski definition) is 0. The molecular weight excluding hydrogens is 338 g/mol. The van der Waals surface area contributed by atoms with E-state index in [1.807, 2.05) is 30.4 Å². The van der Waals surface area contributed by atoms with Crippen LogP contribution in [0.25, 0.3) is 21.2 Å². The molecule has 2 heterocycles. The van der Waals surface area contributed by atoms with Gasteiger partial charge >= 0.3 is 0 Å². The molecule has 0 spiro atoms. The molecule has 3 nitrogen and oxygen atoms in total. The number of aromatic nitrogens is 2. The molecule has 0 fully saturated rings. The van der Waals surface area contributed by atoms with Crippen molar-refractivity contribution < 1.29 is 0 Å². The van der Waals surface area contributed by atoms with Crippen molar-refractivity contribution in [2.24, 2.45) is 0 Å². The Kier molecular flexibility index (Phi) is 4.10. The third kappa shape index (κ3) is 2.81. The van der Waals surface area contributed by atoms with E-state index in [0.29, 0.717) is 0 Å². The number of hydrogen-bond acceptors (Lipinski definition) is 3. The van der Waals surface area contributed by atoms with Crippen LogP contribution in [0, 0.1) is 32.1 Å². The predicted molar refractivity (Wildman–Crippen MR) is 108 cm³/mol. The quantitative estimate of drug-likeness (QED) is 0.478. The van der Waals surface area contributed by atoms with Crippen LogP contribution in [0.1, 0.15) is 27.4 Å². The van der Waals surface area contributed by atoms with E-state index in [1.54, 1.807) is 0 Å². The van der Waals surface area contributed by atoms with Gasteiger partial charge in [0.05, 0.1) is 23.9 Å². The van der Waals surface area contributed by atoms with Crippen molar-refractivity contribution in [1.29, 1.82) is 5.26 Å². The SMILES string of the molecule is Cc1cc(-c2c(C)nn(Cc3cc4ccccc4s3)c2C)ccc1C#N. The highest BCUT2D eigenvalue weighted by molar-refractivity contribution is 7.19. The first kappa shape index (κ1) is 16.6. The fourth-order valence-corrected chi connectivity index (χ4v) is 4.52. The molecule has 4 heteroatoms. The smallest absolute Gasteiger partial charge is 0.0994 e. The Balaban J connectivity index is 1.72. The van der Waals surface area contributed by atoms with Crippen LogP contribution in [0.3, 0.4) is 0 Å². The van der Waals surface area contributed by atoms with Gasteiger partial charge in [-0.15, -0.1) is 11.3 Å². The molecule has 4 rings (SSSR count). The maximum atomic E-state index is 9.15. The summed E-state index contributed by atoms with van der Waals surface area (Å²) < 4.78 is 3.40. The van der Waals surface area contributed by atoms with Crippen LogP contribution in [-0.2, 0) is 6.54 Å². The average molecular weight is 357 g/mol. The zero-order valence-electron chi connectivity index (χ0n) is 15.1. The third-order valence-electron chi connectivity index (χ3n) is 4.80. The number of rotatable bonds is 3. The lowest BCUT2D eigenvalue weighted by Crippen LogP contribution is -2.02. The van der Waals surface area contributed by atoms with Gasteiger partial charge in [-0.1, -0.05) is 24.3 Å². The van der Waals surface area contributed by atoms with Crippen molar-refractivity contribution in [3.8, 4) is 17.2 Å². The number of benzene rings is 2. The largest absolute Gasteiger partial charge is 0.264 e. The van der Waals surface area contributed by atoms with Gasteiger partial charge in [0.25, 0.3) is 0 Å². The number of nitrogens with zero attached hydrogens (tertiary/aromatic N) is 3. The Morgan fingerprint density at radius 1 is 1.08 bits per heavy atom. The van der Waals surface area contributed by atoms with Gasteiger partial charge in [0, 0.05) is 20.8 Å². The fraction of sp³-hybridized carbons (Fsp3) is 0.182. The molecule has 0 radical (unpaired) electrons. The Bertz CT molecular complexity index is 1130. The van der Waals surface area contributed by atoms with Gasteiger partial charge in [-0.25, -0.2) is 0 Å². The van der Waals surface area contributed by atoms with E-state index in [4.69, 9.17) is 10.4 Å². The summed E-state index contributed by atoms with van der Waals surface area (Å²) in [6, 6.07) is 19.0. The first-order chi connectivity index (χ1) is 12.6. The monoisotopic (exact) mass is 357 g/mol. The number of nitriles is 1. The lowest BCUT2D eigenvalue weighted by Gasteiger charge is -2.06. The van der Waals surface area contributed by atoms with E-state index in [0.717, 1.165) is 34.6 Å². The Morgan fingerprint density at radius 2 is 1.88 bits per heavy atom. The van der Waals surface area contributed by atoms with E-state index in [9.17, 15) is 0 Å². The van der Waals surface area contributed by atoms with Crippen LogP contribution >= 0.6 is 11.3 Å². The highest BCUT2D eigenvalue weighted by Crippen LogP contribution is 2.31. The van der Waals surface area contributed by atoms with Gasteiger partial charge in [0.15, 0.2) is 0 Å². The van der Waals surface area contributed by atoms with Crippen molar-refractivity contribution >= 4 is 21.4 Å². The molecule has 0 N–H and O–H groups in total. The summed E-state index contributed by atoms with van der Waals surface area (Å²) in [5.74, 6) is 0. The minimum absolute atomic E-state index is 0.724. The van der Waals surface area contributed by atoms with Crippen LogP contribution < -0.4 is 0 Å². The molecule has 0 aliphatic rings. The molecule has 4 aromatic rings. The van der Waals surface area contributed by atoms with Gasteiger partial charge in [-0.05, 0) is 61.5 Å². The first-order valence-corrected chi connectivity index (χ1v) is 9.41. The molecule has 0 unspecified atom stereocenters. The summed E-state index contributed by atoms with van der Waals surface area (Å²) in [6.45, 7) is 6.93. The van der Waals surface area contributed by atoms with Crippen LogP contribution in [0.4, 0.5) is 0 Å². The highest BCUT2D eigenvalue weighted by atomic mass is 32.1. The van der Waals surface area contributed by atoms with Crippen LogP contribution in [0.2, 0.25) is 0 Å². The van der Waals surface area contributed by atoms with E-state index >= 15 is 0 Å². The first-order valence-electron chi connectivity index (χ1n) is 8.59. The van der Waals surface area contributed by atoms with Gasteiger partial charge in [-0.2, -0.15) is 10.4 Å². The fourth-order valence-electron chi connectivity index (χ4n) is 3.48. The number of thiophene rings is 1. The molecule has 0 aliphatic heterocycles. The summed E-state index contributed by atoms with van der Waals surface area (Å²) in [5.41, 5.74) is 6.19. The predicted octanol–water partition coefficient (Wildman–Crippen LogP) is 5.61. The second-order valence-electron chi connectivity index (χ2n) is 6.60. The van der Waals surface area contributed by atoms with E-state index in [1.165, 1.54) is 20.5 Å². The summed E-state index contributed by atoms with van der Waals surface area (Å²) in [4.78, 5) is 1.30. The lowest BCUT2D eigenvalue weighted by atomic mass is 9.99. The van der Waals surface area contributed by atoms with Crippen LogP contribution in [0.5, 0.6) is 0 Å². The molecule has 0 bridgehead atoms. The molecule has 0 amide bonds. The summed E-state index contributed by atoms with van der Waals surface area (Å²) in [6.07, 6.45) is 0. The normalized spacial score (nSPS) is 11.0. The molecule has 128 valence electrons. The van der Waals surface area contributed by atoms with Crippen molar-refractivity contribution in [1.82, 2.24) is 9.78 Å². The minimum Gasteiger partial charge on any atom is -0.264 e. The van der Waals surface area contributed by atoms with Gasteiger partial charge in [0.2, 0.25) is 0 Å². The average Bonchev–Trinajstić information content (AvgIpc) is 3.15. The number of fused-ring (bicyclic) bond motifs is 1. The van der Waals surface area contributed by atoms with Gasteiger partial charge < -0.3 is 0 Å². The van der Waals surface area contributed by atoms with Crippen LogP contribution in [-0.4, -0.2) is 9.78 Å². The van der Waals surface area contributed by atoms with E-state index in [2.05, 4.69) is 61.0 Å². The molecule has 2 aromatic carbocycles. The summed E-state index contributed by atoms with van der Waals surface area (Å²) in [5, 5.41) is 15.2. The minimum atomic E-state index is 0.724. The standard InChI is InChI=1S/C22H19N3S/c1-14-10-18(8-9-19(14)12-23)22-15(2)24-25(16(22)3)13-20-11-17-6-4-5-7-21(17)26-20/h4-11H,13H2,1-3H3. The van der Waals surface area contributed by atoms with Crippen molar-refractivity contribution in [3.05, 3.63) is 75.9 Å². The lowest BCUT2D eigenvalue weighted by molar-refractivity contribution is 0.666. The molecule has 0 saturated heterocycles. The second kappa shape index (κ2) is 6.44. The Morgan fingerprint density at radius 3 is 2.62 bits per heavy atom. The third-order valence-corrected chi connectivity index (χ3v) is 5.90. The molecule has 26 heavy (non-hydrogen) atoms. The Hall–Kier alpha value is -2.90. The Labute approximate surface area is 157 Å². The second-order valence-corrected chi connectivity index (χ2v) is 7.76. The molecular formula is C22H19N3S. The van der Waals surface area contributed by atoms with E-state index < -0.39 is 0 Å². The van der Waals surface area contributed by atoms with Crippen LogP contribution in [0.15, 0.2) is 48.5 Å². The maximum absolute atomic E-state index is 9.15. The van der Waals surface area contributed by atoms with Crippen molar-refractivity contribution in [3.63, 3.8) is 0 Å². The topological polar surface area (TPSA) is 41.6 Å². The van der Waals surface area contributed by atoms with Crippen molar-refractivity contribution in [2.45, 2.75) is 27.3 Å². The molecule has 2 aromatic heterocycles. The van der Waals surface area contributed by atoms with Gasteiger partial charge in [-0.3, -0.25) is 4.68 Å². The molecule has 0 aliphatic carbocycles. The zero-order valence-corrected chi connectivity index (χ0v) is 15.9. The van der Waals surface area contributed by atoms with Crippen molar-refractivity contribution in [2.75, 3.05) is 0 Å². The highest BCUT2D eigenvalue weighted by Gasteiger charge is 2.15. The summed E-state index contributed by atoms with van der Waals surface area (Å²) >= 11 is 1.82. The van der Waals surface area contributed by atoms with E-state index in [-0.39, 0.29) is 0 Å².